The van der Waals surface area contributed by atoms with Crippen LogP contribution in [0.5, 0.6) is 0 Å². The Morgan fingerprint density at radius 1 is 1.44 bits per heavy atom. The molecular formula is C14H22O4. The number of hydrogen-bond acceptors (Lipinski definition) is 3. The van der Waals surface area contributed by atoms with E-state index in [1.807, 2.05) is 6.92 Å². The number of carbonyl (C=O) groups is 2. The number of carbonyl (C=O) groups excluding carboxylic acids is 1. The van der Waals surface area contributed by atoms with E-state index in [2.05, 4.69) is 13.5 Å². The maximum atomic E-state index is 12.0. The lowest BCUT2D eigenvalue weighted by Crippen LogP contribution is -2.44. The van der Waals surface area contributed by atoms with Crippen LogP contribution in [0.3, 0.4) is 0 Å². The first-order valence-corrected chi connectivity index (χ1v) is 6.60. The van der Waals surface area contributed by atoms with Crippen LogP contribution in [0.15, 0.2) is 12.2 Å². The van der Waals surface area contributed by atoms with Gasteiger partial charge in [0.15, 0.2) is 5.41 Å². The highest BCUT2D eigenvalue weighted by molar-refractivity contribution is 6.04. The van der Waals surface area contributed by atoms with Crippen LogP contribution in [0.25, 0.3) is 0 Å². The summed E-state index contributed by atoms with van der Waals surface area (Å²) in [5, 5.41) is 9.54. The van der Waals surface area contributed by atoms with Crippen molar-refractivity contribution in [3.63, 3.8) is 0 Å². The molecule has 102 valence electrons. The quantitative estimate of drug-likeness (QED) is 0.431. The predicted molar refractivity (Wildman–Crippen MR) is 68.1 cm³/mol. The van der Waals surface area contributed by atoms with Gasteiger partial charge < -0.3 is 9.84 Å². The van der Waals surface area contributed by atoms with Crippen molar-refractivity contribution in [1.29, 1.82) is 0 Å². The summed E-state index contributed by atoms with van der Waals surface area (Å²) in [5.41, 5.74) is -1.11. The van der Waals surface area contributed by atoms with Crippen molar-refractivity contribution < 1.29 is 19.4 Å². The average Bonchev–Trinajstić information content (AvgIpc) is 2.62. The number of aliphatic carboxylic acids is 1. The fraction of sp³-hybridized carbons (Fsp3) is 0.714. The van der Waals surface area contributed by atoms with Gasteiger partial charge in [-0.25, -0.2) is 0 Å². The molecule has 0 bridgehead atoms. The summed E-state index contributed by atoms with van der Waals surface area (Å²) in [6.07, 6.45) is 4.19. The molecule has 1 N–H and O–H groups in total. The second-order valence-corrected chi connectivity index (χ2v) is 4.92. The highest BCUT2D eigenvalue weighted by Crippen LogP contribution is 2.45. The molecule has 1 rings (SSSR count). The van der Waals surface area contributed by atoms with Gasteiger partial charge in [0, 0.05) is 0 Å². The molecule has 0 aromatic rings. The van der Waals surface area contributed by atoms with Crippen molar-refractivity contribution >= 4 is 11.9 Å². The van der Waals surface area contributed by atoms with Crippen molar-refractivity contribution in [3.05, 3.63) is 12.2 Å². The van der Waals surface area contributed by atoms with Gasteiger partial charge in [-0.05, 0) is 24.3 Å². The molecule has 0 spiro atoms. The van der Waals surface area contributed by atoms with Crippen LogP contribution < -0.4 is 0 Å². The molecule has 18 heavy (non-hydrogen) atoms. The van der Waals surface area contributed by atoms with Crippen molar-refractivity contribution in [1.82, 2.24) is 0 Å². The van der Waals surface area contributed by atoms with Gasteiger partial charge in [0.25, 0.3) is 0 Å². The van der Waals surface area contributed by atoms with Crippen LogP contribution in [-0.2, 0) is 14.3 Å². The highest BCUT2D eigenvalue weighted by atomic mass is 16.5. The standard InChI is InChI=1S/C14H22O4/c1-4-6-8-11(7-5-2)14(12(15)16)10(3)9-18-13(14)17/h11H,3-9H2,1-2H3,(H,15,16). The maximum absolute atomic E-state index is 12.0. The minimum atomic E-state index is -1.51. The molecule has 2 unspecified atom stereocenters. The molecule has 1 aliphatic rings. The minimum absolute atomic E-state index is 0.0392. The van der Waals surface area contributed by atoms with Gasteiger partial charge in [-0.1, -0.05) is 39.7 Å². The van der Waals surface area contributed by atoms with Gasteiger partial charge in [0.2, 0.25) is 0 Å². The summed E-state index contributed by atoms with van der Waals surface area (Å²) in [5.74, 6) is -1.94. The Balaban J connectivity index is 3.10. The topological polar surface area (TPSA) is 63.6 Å². The summed E-state index contributed by atoms with van der Waals surface area (Å²) in [7, 11) is 0. The SMILES string of the molecule is C=C1COC(=O)C1(C(=O)O)C(CCC)CCCC. The van der Waals surface area contributed by atoms with Crippen LogP contribution in [0, 0.1) is 11.3 Å². The molecule has 1 aliphatic heterocycles. The third-order valence-corrected chi connectivity index (χ3v) is 3.75. The van der Waals surface area contributed by atoms with Crippen molar-refractivity contribution in [2.24, 2.45) is 11.3 Å². The first-order valence-electron chi connectivity index (χ1n) is 6.60. The van der Waals surface area contributed by atoms with Gasteiger partial charge in [-0.2, -0.15) is 0 Å². The molecular weight excluding hydrogens is 232 g/mol. The largest absolute Gasteiger partial charge is 0.480 e. The Morgan fingerprint density at radius 3 is 2.50 bits per heavy atom. The van der Waals surface area contributed by atoms with Crippen LogP contribution in [0.4, 0.5) is 0 Å². The van der Waals surface area contributed by atoms with Crippen LogP contribution in [0.2, 0.25) is 0 Å². The van der Waals surface area contributed by atoms with Gasteiger partial charge in [-0.3, -0.25) is 9.59 Å². The molecule has 4 heteroatoms. The van der Waals surface area contributed by atoms with E-state index in [1.165, 1.54) is 0 Å². The van der Waals surface area contributed by atoms with Crippen molar-refractivity contribution in [2.75, 3.05) is 6.61 Å². The first-order chi connectivity index (χ1) is 8.51. The molecule has 1 fully saturated rings. The van der Waals surface area contributed by atoms with E-state index < -0.39 is 17.4 Å². The fourth-order valence-corrected chi connectivity index (χ4v) is 2.77. The zero-order chi connectivity index (χ0) is 13.8. The van der Waals surface area contributed by atoms with E-state index in [0.29, 0.717) is 12.0 Å². The van der Waals surface area contributed by atoms with Crippen LogP contribution in [0.1, 0.15) is 46.0 Å². The van der Waals surface area contributed by atoms with Crippen molar-refractivity contribution in [2.45, 2.75) is 46.0 Å². The fourth-order valence-electron chi connectivity index (χ4n) is 2.77. The Hall–Kier alpha value is -1.32. The molecule has 2 atom stereocenters. The summed E-state index contributed by atoms with van der Waals surface area (Å²) in [6, 6.07) is 0. The van der Waals surface area contributed by atoms with Crippen LogP contribution >= 0.6 is 0 Å². The average molecular weight is 254 g/mol. The highest BCUT2D eigenvalue weighted by Gasteiger charge is 2.58. The van der Waals surface area contributed by atoms with E-state index in [-0.39, 0.29) is 12.5 Å². The number of unbranched alkanes of at least 4 members (excludes halogenated alkanes) is 1. The third-order valence-electron chi connectivity index (χ3n) is 3.75. The van der Waals surface area contributed by atoms with Gasteiger partial charge >= 0.3 is 11.9 Å². The molecule has 1 heterocycles. The first kappa shape index (κ1) is 14.7. The summed E-state index contributed by atoms with van der Waals surface area (Å²) in [6.45, 7) is 7.85. The second-order valence-electron chi connectivity index (χ2n) is 4.92. The minimum Gasteiger partial charge on any atom is -0.480 e. The monoisotopic (exact) mass is 254 g/mol. The van der Waals surface area contributed by atoms with Gasteiger partial charge in [0.1, 0.15) is 6.61 Å². The van der Waals surface area contributed by atoms with Crippen molar-refractivity contribution in [3.8, 4) is 0 Å². The summed E-state index contributed by atoms with van der Waals surface area (Å²) < 4.78 is 4.93. The maximum Gasteiger partial charge on any atom is 0.328 e. The molecule has 0 amide bonds. The van der Waals surface area contributed by atoms with E-state index in [9.17, 15) is 14.7 Å². The number of carboxylic acids is 1. The molecule has 4 nitrogen and oxygen atoms in total. The zero-order valence-corrected chi connectivity index (χ0v) is 11.2. The summed E-state index contributed by atoms with van der Waals surface area (Å²) >= 11 is 0. The predicted octanol–water partition coefficient (Wildman–Crippen LogP) is 2.78. The lowest BCUT2D eigenvalue weighted by atomic mass is 9.68. The van der Waals surface area contributed by atoms with E-state index in [0.717, 1.165) is 25.7 Å². The van der Waals surface area contributed by atoms with E-state index >= 15 is 0 Å². The Kier molecular flexibility index (Phi) is 4.93. The second kappa shape index (κ2) is 6.03. The number of ether oxygens (including phenoxy) is 1. The van der Waals surface area contributed by atoms with E-state index in [1.54, 1.807) is 0 Å². The number of cyclic esters (lactones) is 1. The van der Waals surface area contributed by atoms with Gasteiger partial charge in [0.05, 0.1) is 0 Å². The lowest BCUT2D eigenvalue weighted by Gasteiger charge is -2.30. The molecule has 0 radical (unpaired) electrons. The Morgan fingerprint density at radius 2 is 2.11 bits per heavy atom. The zero-order valence-electron chi connectivity index (χ0n) is 11.2. The lowest BCUT2D eigenvalue weighted by molar-refractivity contribution is -0.163. The van der Waals surface area contributed by atoms with Gasteiger partial charge in [-0.15, -0.1) is 0 Å². The molecule has 0 aromatic carbocycles. The summed E-state index contributed by atoms with van der Waals surface area (Å²) in [4.78, 5) is 23.6. The number of esters is 1. The number of rotatable bonds is 7. The third kappa shape index (κ3) is 2.28. The molecule has 0 aromatic heterocycles. The van der Waals surface area contributed by atoms with E-state index in [4.69, 9.17) is 4.74 Å². The normalized spacial score (nSPS) is 25.0. The Labute approximate surface area is 108 Å². The Bertz CT molecular complexity index is 330. The number of carboxylic acid groups (broad SMARTS) is 1. The molecule has 1 saturated heterocycles. The molecule has 0 saturated carbocycles. The molecule has 0 aliphatic carbocycles. The van der Waals surface area contributed by atoms with Crippen LogP contribution in [-0.4, -0.2) is 23.7 Å². The smallest absolute Gasteiger partial charge is 0.328 e. The number of hydrogen-bond donors (Lipinski definition) is 1.